The van der Waals surface area contributed by atoms with Crippen molar-refractivity contribution in [3.8, 4) is 0 Å². The van der Waals surface area contributed by atoms with Crippen molar-refractivity contribution < 1.29 is 14.4 Å². The van der Waals surface area contributed by atoms with E-state index in [4.69, 9.17) is 0 Å². The summed E-state index contributed by atoms with van der Waals surface area (Å²) in [7, 11) is 3.85. The summed E-state index contributed by atoms with van der Waals surface area (Å²) in [6.45, 7) is 1.87. The SMILES string of the molecule is Cc1cccc(N2C(=O)NC(=O)/C(=C\c3ccc(N(C)C)cc3)C2=O)c1. The Balaban J connectivity index is 1.97. The molecule has 132 valence electrons. The Labute approximate surface area is 151 Å². The van der Waals surface area contributed by atoms with Gasteiger partial charge in [-0.1, -0.05) is 24.3 Å². The van der Waals surface area contributed by atoms with E-state index in [2.05, 4.69) is 5.32 Å². The molecule has 2 aromatic rings. The summed E-state index contributed by atoms with van der Waals surface area (Å²) >= 11 is 0. The van der Waals surface area contributed by atoms with Crippen LogP contribution in [0.15, 0.2) is 54.1 Å². The predicted molar refractivity (Wildman–Crippen MR) is 101 cm³/mol. The molecule has 1 N–H and O–H groups in total. The van der Waals surface area contributed by atoms with Gasteiger partial charge in [-0.15, -0.1) is 0 Å². The smallest absolute Gasteiger partial charge is 0.335 e. The van der Waals surface area contributed by atoms with Crippen molar-refractivity contribution in [2.75, 3.05) is 23.9 Å². The number of hydrogen-bond acceptors (Lipinski definition) is 4. The van der Waals surface area contributed by atoms with Crippen molar-refractivity contribution in [3.05, 3.63) is 65.2 Å². The van der Waals surface area contributed by atoms with Crippen molar-refractivity contribution in [1.82, 2.24) is 5.32 Å². The van der Waals surface area contributed by atoms with Gasteiger partial charge in [-0.25, -0.2) is 9.69 Å². The molecule has 0 bridgehead atoms. The number of anilines is 2. The Hall–Kier alpha value is -3.41. The minimum atomic E-state index is -0.745. The van der Waals surface area contributed by atoms with Crippen LogP contribution in [0.3, 0.4) is 0 Å². The number of aryl methyl sites for hydroxylation is 1. The van der Waals surface area contributed by atoms with Gasteiger partial charge in [0.2, 0.25) is 0 Å². The standard InChI is InChI=1S/C20H19N3O3/c1-13-5-4-6-16(11-13)23-19(25)17(18(24)21-20(23)26)12-14-7-9-15(10-8-14)22(2)3/h4-12H,1-3H3,(H,21,24,26)/b17-12+. The molecule has 6 nitrogen and oxygen atoms in total. The Morgan fingerprint density at radius 2 is 1.69 bits per heavy atom. The Morgan fingerprint density at radius 3 is 2.31 bits per heavy atom. The number of nitrogens with zero attached hydrogens (tertiary/aromatic N) is 2. The van der Waals surface area contributed by atoms with Crippen LogP contribution < -0.4 is 15.1 Å². The Morgan fingerprint density at radius 1 is 1.00 bits per heavy atom. The topological polar surface area (TPSA) is 69.7 Å². The van der Waals surface area contributed by atoms with Crippen molar-refractivity contribution >= 4 is 35.3 Å². The second-order valence-electron chi connectivity index (χ2n) is 6.28. The van der Waals surface area contributed by atoms with E-state index >= 15 is 0 Å². The van der Waals surface area contributed by atoms with Crippen LogP contribution in [0.1, 0.15) is 11.1 Å². The molecule has 1 aliphatic heterocycles. The first-order valence-electron chi connectivity index (χ1n) is 8.12. The molecule has 0 unspecified atom stereocenters. The number of nitrogens with one attached hydrogen (secondary N) is 1. The number of rotatable bonds is 3. The maximum absolute atomic E-state index is 12.8. The highest BCUT2D eigenvalue weighted by Crippen LogP contribution is 2.23. The molecule has 1 heterocycles. The largest absolute Gasteiger partial charge is 0.378 e. The van der Waals surface area contributed by atoms with Crippen molar-refractivity contribution in [2.45, 2.75) is 6.92 Å². The van der Waals surface area contributed by atoms with Gasteiger partial charge < -0.3 is 4.90 Å². The zero-order chi connectivity index (χ0) is 18.8. The van der Waals surface area contributed by atoms with E-state index in [0.29, 0.717) is 11.3 Å². The maximum atomic E-state index is 12.8. The van der Waals surface area contributed by atoms with Gasteiger partial charge in [0.05, 0.1) is 5.69 Å². The van der Waals surface area contributed by atoms with Crippen LogP contribution in [0.2, 0.25) is 0 Å². The van der Waals surface area contributed by atoms with Crippen LogP contribution in [0.5, 0.6) is 0 Å². The zero-order valence-corrected chi connectivity index (χ0v) is 14.8. The van der Waals surface area contributed by atoms with Gasteiger partial charge >= 0.3 is 6.03 Å². The van der Waals surface area contributed by atoms with E-state index in [1.54, 1.807) is 18.2 Å². The molecule has 0 aliphatic carbocycles. The molecular weight excluding hydrogens is 330 g/mol. The fourth-order valence-electron chi connectivity index (χ4n) is 2.69. The fourth-order valence-corrected chi connectivity index (χ4v) is 2.69. The van der Waals surface area contributed by atoms with E-state index in [1.807, 2.05) is 56.3 Å². The first-order chi connectivity index (χ1) is 12.4. The predicted octanol–water partition coefficient (Wildman–Crippen LogP) is 2.73. The van der Waals surface area contributed by atoms with Crippen molar-refractivity contribution in [3.63, 3.8) is 0 Å². The lowest BCUT2D eigenvalue weighted by Gasteiger charge is -2.26. The van der Waals surface area contributed by atoms with Gasteiger partial charge in [0.25, 0.3) is 11.8 Å². The number of carbonyl (C=O) groups excluding carboxylic acids is 3. The number of benzene rings is 2. The average molecular weight is 349 g/mol. The molecule has 1 fully saturated rings. The summed E-state index contributed by atoms with van der Waals surface area (Å²) in [4.78, 5) is 40.1. The molecule has 0 radical (unpaired) electrons. The lowest BCUT2D eigenvalue weighted by atomic mass is 10.1. The Kier molecular flexibility index (Phi) is 4.58. The highest BCUT2D eigenvalue weighted by molar-refractivity contribution is 6.39. The normalized spacial score (nSPS) is 16.0. The molecular formula is C20H19N3O3. The molecule has 0 aromatic heterocycles. The van der Waals surface area contributed by atoms with E-state index in [1.165, 1.54) is 6.08 Å². The Bertz CT molecular complexity index is 914. The monoisotopic (exact) mass is 349 g/mol. The van der Waals surface area contributed by atoms with Crippen LogP contribution in [-0.2, 0) is 9.59 Å². The van der Waals surface area contributed by atoms with Crippen molar-refractivity contribution in [2.24, 2.45) is 0 Å². The van der Waals surface area contributed by atoms with Crippen molar-refractivity contribution in [1.29, 1.82) is 0 Å². The van der Waals surface area contributed by atoms with E-state index in [-0.39, 0.29) is 5.57 Å². The van der Waals surface area contributed by atoms with Gasteiger partial charge in [0, 0.05) is 19.8 Å². The van der Waals surface area contributed by atoms with E-state index in [0.717, 1.165) is 16.2 Å². The van der Waals surface area contributed by atoms with E-state index < -0.39 is 17.8 Å². The molecule has 0 atom stereocenters. The molecule has 6 heteroatoms. The summed E-state index contributed by atoms with van der Waals surface area (Å²) in [5.41, 5.74) is 2.96. The third-order valence-electron chi connectivity index (χ3n) is 4.08. The minimum Gasteiger partial charge on any atom is -0.378 e. The van der Waals surface area contributed by atoms with Gasteiger partial charge in [0.15, 0.2) is 0 Å². The fraction of sp³-hybridized carbons (Fsp3) is 0.150. The number of urea groups is 1. The summed E-state index contributed by atoms with van der Waals surface area (Å²) in [5, 5.41) is 2.23. The number of imide groups is 2. The molecule has 2 aromatic carbocycles. The maximum Gasteiger partial charge on any atom is 0.335 e. The third kappa shape index (κ3) is 3.35. The second-order valence-corrected chi connectivity index (χ2v) is 6.28. The van der Waals surface area contributed by atoms with Gasteiger partial charge in [-0.3, -0.25) is 14.9 Å². The van der Waals surface area contributed by atoms with Crippen LogP contribution in [0.4, 0.5) is 16.2 Å². The summed E-state index contributed by atoms with van der Waals surface area (Å²) in [6.07, 6.45) is 1.49. The number of carbonyl (C=O) groups is 3. The van der Waals surface area contributed by atoms with Crippen LogP contribution in [0, 0.1) is 6.92 Å². The van der Waals surface area contributed by atoms with E-state index in [9.17, 15) is 14.4 Å². The van der Waals surface area contributed by atoms with Crippen LogP contribution in [0.25, 0.3) is 6.08 Å². The summed E-state index contributed by atoms with van der Waals surface area (Å²) in [5.74, 6) is -1.33. The lowest BCUT2D eigenvalue weighted by molar-refractivity contribution is -0.122. The highest BCUT2D eigenvalue weighted by atomic mass is 16.2. The third-order valence-corrected chi connectivity index (χ3v) is 4.08. The quantitative estimate of drug-likeness (QED) is 0.683. The first kappa shape index (κ1) is 17.4. The molecule has 1 aliphatic rings. The van der Waals surface area contributed by atoms with Crippen LogP contribution in [-0.4, -0.2) is 31.9 Å². The minimum absolute atomic E-state index is 0.0799. The second kappa shape index (κ2) is 6.84. The zero-order valence-electron chi connectivity index (χ0n) is 14.8. The first-order valence-corrected chi connectivity index (χ1v) is 8.12. The molecule has 26 heavy (non-hydrogen) atoms. The van der Waals surface area contributed by atoms with Crippen LogP contribution >= 0.6 is 0 Å². The lowest BCUT2D eigenvalue weighted by Crippen LogP contribution is -2.54. The average Bonchev–Trinajstić information content (AvgIpc) is 2.59. The number of barbiturate groups is 1. The summed E-state index contributed by atoms with van der Waals surface area (Å²) in [6, 6.07) is 13.7. The number of amides is 4. The van der Waals surface area contributed by atoms with Gasteiger partial charge in [-0.05, 0) is 48.4 Å². The highest BCUT2D eigenvalue weighted by Gasteiger charge is 2.36. The molecule has 4 amide bonds. The summed E-state index contributed by atoms with van der Waals surface area (Å²) < 4.78 is 0. The number of hydrogen-bond donors (Lipinski definition) is 1. The molecule has 0 saturated carbocycles. The van der Waals surface area contributed by atoms with Gasteiger partial charge in [-0.2, -0.15) is 0 Å². The molecule has 1 saturated heterocycles. The van der Waals surface area contributed by atoms with Gasteiger partial charge in [0.1, 0.15) is 5.57 Å². The molecule has 3 rings (SSSR count). The molecule has 0 spiro atoms.